The molecule has 0 aliphatic carbocycles. The fraction of sp³-hybridized carbons (Fsp3) is 0.263. The second-order valence-corrected chi connectivity index (χ2v) is 8.85. The first-order valence-electron chi connectivity index (χ1n) is 8.39. The first-order chi connectivity index (χ1) is 12.5. The van der Waals surface area contributed by atoms with E-state index in [4.69, 9.17) is 16.6 Å². The number of amides is 1. The summed E-state index contributed by atoms with van der Waals surface area (Å²) in [6.07, 6.45) is 0. The number of hydrogen-bond donors (Lipinski definition) is 0. The molecule has 1 aromatic heterocycles. The fourth-order valence-corrected chi connectivity index (χ4v) is 4.98. The Morgan fingerprint density at radius 2 is 1.88 bits per heavy atom. The summed E-state index contributed by atoms with van der Waals surface area (Å²) in [6, 6.07) is 11.7. The first kappa shape index (κ1) is 18.0. The van der Waals surface area contributed by atoms with Crippen molar-refractivity contribution in [2.45, 2.75) is 6.92 Å². The van der Waals surface area contributed by atoms with Crippen molar-refractivity contribution in [3.8, 4) is 0 Å². The van der Waals surface area contributed by atoms with Crippen LogP contribution in [0, 0.1) is 10.5 Å². The summed E-state index contributed by atoms with van der Waals surface area (Å²) in [5.41, 5.74) is 2.79. The van der Waals surface area contributed by atoms with E-state index in [9.17, 15) is 4.79 Å². The highest BCUT2D eigenvalue weighted by Gasteiger charge is 2.25. The summed E-state index contributed by atoms with van der Waals surface area (Å²) in [4.78, 5) is 21.8. The van der Waals surface area contributed by atoms with Gasteiger partial charge in [0.25, 0.3) is 5.91 Å². The molecule has 0 radical (unpaired) electrons. The van der Waals surface area contributed by atoms with Crippen LogP contribution in [0.1, 0.15) is 15.9 Å². The van der Waals surface area contributed by atoms with Crippen LogP contribution in [0.5, 0.6) is 0 Å². The number of fused-ring (bicyclic) bond motifs is 1. The minimum atomic E-state index is 0.113. The van der Waals surface area contributed by atoms with E-state index in [1.54, 1.807) is 11.3 Å². The Labute approximate surface area is 174 Å². The van der Waals surface area contributed by atoms with Gasteiger partial charge in [-0.2, -0.15) is 0 Å². The molecule has 2 aromatic carbocycles. The second kappa shape index (κ2) is 7.32. The summed E-state index contributed by atoms with van der Waals surface area (Å²) in [6.45, 7) is 5.01. The van der Waals surface area contributed by atoms with Crippen LogP contribution in [0.4, 0.5) is 5.13 Å². The Hall–Kier alpha value is -1.38. The number of carbonyl (C=O) groups is 1. The molecule has 4 nitrogen and oxygen atoms in total. The maximum Gasteiger partial charge on any atom is 0.255 e. The third kappa shape index (κ3) is 3.30. The normalized spacial score (nSPS) is 14.9. The number of hydrogen-bond acceptors (Lipinski definition) is 4. The zero-order valence-electron chi connectivity index (χ0n) is 14.2. The third-order valence-electron chi connectivity index (χ3n) is 4.68. The number of rotatable bonds is 2. The van der Waals surface area contributed by atoms with Crippen molar-refractivity contribution in [1.29, 1.82) is 0 Å². The van der Waals surface area contributed by atoms with Gasteiger partial charge in [-0.05, 0) is 59.3 Å². The van der Waals surface area contributed by atoms with Gasteiger partial charge in [0.2, 0.25) is 0 Å². The van der Waals surface area contributed by atoms with E-state index in [1.807, 2.05) is 48.2 Å². The van der Waals surface area contributed by atoms with Crippen LogP contribution in [0.2, 0.25) is 5.02 Å². The molecular formula is C19H17ClIN3OS. The quantitative estimate of drug-likeness (QED) is 0.476. The monoisotopic (exact) mass is 497 g/mol. The standard InChI is InChI=1S/C19H17ClIN3OS/c1-12-14(20)6-7-16-17(12)22-19(26-16)24-10-8-23(9-11-24)18(25)13-4-2-3-5-15(13)21/h2-7H,8-11H2,1H3. The van der Waals surface area contributed by atoms with Gasteiger partial charge in [-0.15, -0.1) is 0 Å². The van der Waals surface area contributed by atoms with Gasteiger partial charge in [0.05, 0.1) is 15.8 Å². The Morgan fingerprint density at radius 3 is 2.62 bits per heavy atom. The van der Waals surface area contributed by atoms with E-state index in [2.05, 4.69) is 27.5 Å². The maximum absolute atomic E-state index is 12.8. The third-order valence-corrected chi connectivity index (χ3v) is 7.11. The number of benzene rings is 2. The lowest BCUT2D eigenvalue weighted by Crippen LogP contribution is -2.48. The Bertz CT molecular complexity index is 982. The summed E-state index contributed by atoms with van der Waals surface area (Å²) in [5.74, 6) is 0.113. The van der Waals surface area contributed by atoms with Crippen molar-refractivity contribution in [3.05, 3.63) is 56.1 Å². The van der Waals surface area contributed by atoms with Crippen LogP contribution in [-0.4, -0.2) is 42.0 Å². The molecule has 134 valence electrons. The molecular weight excluding hydrogens is 481 g/mol. The molecule has 7 heteroatoms. The zero-order valence-corrected chi connectivity index (χ0v) is 17.9. The SMILES string of the molecule is Cc1c(Cl)ccc2sc(N3CCN(C(=O)c4ccccc4I)CC3)nc12. The van der Waals surface area contributed by atoms with Crippen molar-refractivity contribution in [2.24, 2.45) is 0 Å². The van der Waals surface area contributed by atoms with E-state index >= 15 is 0 Å². The van der Waals surface area contributed by atoms with Crippen molar-refractivity contribution >= 4 is 66.8 Å². The van der Waals surface area contributed by atoms with Crippen molar-refractivity contribution in [1.82, 2.24) is 9.88 Å². The van der Waals surface area contributed by atoms with Gasteiger partial charge in [0, 0.05) is 34.8 Å². The minimum absolute atomic E-state index is 0.113. The lowest BCUT2D eigenvalue weighted by atomic mass is 10.2. The Kier molecular flexibility index (Phi) is 5.07. The summed E-state index contributed by atoms with van der Waals surface area (Å²) >= 11 is 10.1. The van der Waals surface area contributed by atoms with Gasteiger partial charge in [-0.3, -0.25) is 4.79 Å². The number of aromatic nitrogens is 1. The average molecular weight is 498 g/mol. The predicted octanol–water partition coefficient (Wildman–Crippen LogP) is 4.83. The Balaban J connectivity index is 1.49. The van der Waals surface area contributed by atoms with Crippen LogP contribution >= 0.6 is 45.5 Å². The largest absolute Gasteiger partial charge is 0.345 e. The number of thiazole rings is 1. The van der Waals surface area contributed by atoms with Crippen molar-refractivity contribution in [3.63, 3.8) is 0 Å². The summed E-state index contributed by atoms with van der Waals surface area (Å²) in [7, 11) is 0. The fourth-order valence-electron chi connectivity index (χ4n) is 3.13. The van der Waals surface area contributed by atoms with E-state index in [-0.39, 0.29) is 5.91 Å². The number of piperazine rings is 1. The van der Waals surface area contributed by atoms with Gasteiger partial charge < -0.3 is 9.80 Å². The molecule has 0 spiro atoms. The number of nitrogens with zero attached hydrogens (tertiary/aromatic N) is 3. The molecule has 1 fully saturated rings. The molecule has 4 rings (SSSR count). The van der Waals surface area contributed by atoms with E-state index in [1.165, 1.54) is 0 Å². The summed E-state index contributed by atoms with van der Waals surface area (Å²) in [5, 5.41) is 1.76. The predicted molar refractivity (Wildman–Crippen MR) is 117 cm³/mol. The Morgan fingerprint density at radius 1 is 1.15 bits per heavy atom. The number of aryl methyl sites for hydroxylation is 1. The summed E-state index contributed by atoms with van der Waals surface area (Å²) < 4.78 is 2.15. The van der Waals surface area contributed by atoms with E-state index < -0.39 is 0 Å². The molecule has 0 bridgehead atoms. The molecule has 1 saturated heterocycles. The topological polar surface area (TPSA) is 36.4 Å². The molecule has 1 aliphatic rings. The van der Waals surface area contributed by atoms with Crippen LogP contribution in [0.25, 0.3) is 10.2 Å². The van der Waals surface area contributed by atoms with Crippen LogP contribution < -0.4 is 4.90 Å². The molecule has 3 aromatic rings. The number of halogens is 2. The van der Waals surface area contributed by atoms with Crippen molar-refractivity contribution in [2.75, 3.05) is 31.1 Å². The van der Waals surface area contributed by atoms with Gasteiger partial charge >= 0.3 is 0 Å². The molecule has 1 amide bonds. The first-order valence-corrected chi connectivity index (χ1v) is 10.7. The highest BCUT2D eigenvalue weighted by Crippen LogP contribution is 2.33. The molecule has 2 heterocycles. The van der Waals surface area contributed by atoms with E-state index in [0.29, 0.717) is 13.1 Å². The van der Waals surface area contributed by atoms with Gasteiger partial charge in [-0.25, -0.2) is 4.98 Å². The molecule has 0 saturated carbocycles. The van der Waals surface area contributed by atoms with Crippen LogP contribution in [0.15, 0.2) is 36.4 Å². The number of anilines is 1. The molecule has 0 N–H and O–H groups in total. The number of carbonyl (C=O) groups excluding carboxylic acids is 1. The highest BCUT2D eigenvalue weighted by molar-refractivity contribution is 14.1. The molecule has 0 unspecified atom stereocenters. The van der Waals surface area contributed by atoms with Gasteiger partial charge in [0.15, 0.2) is 5.13 Å². The van der Waals surface area contributed by atoms with Crippen molar-refractivity contribution < 1.29 is 4.79 Å². The molecule has 26 heavy (non-hydrogen) atoms. The van der Waals surface area contributed by atoms with Crippen LogP contribution in [-0.2, 0) is 0 Å². The van der Waals surface area contributed by atoms with E-state index in [0.717, 1.165) is 48.2 Å². The average Bonchev–Trinajstić information content (AvgIpc) is 3.10. The maximum atomic E-state index is 12.8. The molecule has 0 atom stereocenters. The van der Waals surface area contributed by atoms with Crippen LogP contribution in [0.3, 0.4) is 0 Å². The second-order valence-electron chi connectivity index (χ2n) is 6.27. The highest BCUT2D eigenvalue weighted by atomic mass is 127. The zero-order chi connectivity index (χ0) is 18.3. The lowest BCUT2D eigenvalue weighted by Gasteiger charge is -2.34. The molecule has 1 aliphatic heterocycles. The minimum Gasteiger partial charge on any atom is -0.345 e. The van der Waals surface area contributed by atoms with Gasteiger partial charge in [0.1, 0.15) is 0 Å². The van der Waals surface area contributed by atoms with Gasteiger partial charge in [-0.1, -0.05) is 35.1 Å². The smallest absolute Gasteiger partial charge is 0.255 e. The lowest BCUT2D eigenvalue weighted by molar-refractivity contribution is 0.0745.